The Morgan fingerprint density at radius 2 is 2.29 bits per heavy atom. The average Bonchev–Trinajstić information content (AvgIpc) is 2.48. The highest BCUT2D eigenvalue weighted by Gasteiger charge is 2.28. The number of aromatic nitrogens is 1. The van der Waals surface area contributed by atoms with Gasteiger partial charge < -0.3 is 15.4 Å². The van der Waals surface area contributed by atoms with Gasteiger partial charge in [0.15, 0.2) is 0 Å². The third-order valence-corrected chi connectivity index (χ3v) is 4.80. The Bertz CT molecular complexity index is 445. The first-order chi connectivity index (χ1) is 10.3. The zero-order valence-corrected chi connectivity index (χ0v) is 13.0. The fraction of sp³-hybridized carbons (Fsp3) is 0.706. The van der Waals surface area contributed by atoms with Crippen molar-refractivity contribution in [1.82, 2.24) is 10.3 Å². The van der Waals surface area contributed by atoms with Crippen LogP contribution in [0.3, 0.4) is 0 Å². The maximum absolute atomic E-state index is 5.88. The molecule has 0 unspecified atom stereocenters. The lowest BCUT2D eigenvalue weighted by Gasteiger charge is -2.34. The van der Waals surface area contributed by atoms with Crippen LogP contribution in [0.25, 0.3) is 0 Å². The second-order valence-electron chi connectivity index (χ2n) is 6.34. The third kappa shape index (κ3) is 3.95. The number of hydrogen-bond donors (Lipinski definition) is 2. The first-order valence-corrected chi connectivity index (χ1v) is 8.34. The van der Waals surface area contributed by atoms with Crippen LogP contribution >= 0.6 is 0 Å². The van der Waals surface area contributed by atoms with E-state index in [0.29, 0.717) is 18.2 Å². The van der Waals surface area contributed by atoms with E-state index in [1.54, 1.807) is 0 Å². The van der Waals surface area contributed by atoms with Crippen molar-refractivity contribution in [1.29, 1.82) is 0 Å². The molecule has 0 saturated heterocycles. The summed E-state index contributed by atoms with van der Waals surface area (Å²) in [5, 5.41) is 6.86. The maximum Gasteiger partial charge on any atom is 0.129 e. The van der Waals surface area contributed by atoms with E-state index in [1.807, 2.05) is 19.3 Å². The molecule has 1 aliphatic heterocycles. The number of nitrogens with one attached hydrogen (secondary N) is 2. The molecule has 1 fully saturated rings. The van der Waals surface area contributed by atoms with Gasteiger partial charge in [-0.2, -0.15) is 0 Å². The molecule has 3 rings (SSSR count). The van der Waals surface area contributed by atoms with Crippen LogP contribution in [0.15, 0.2) is 18.3 Å². The van der Waals surface area contributed by atoms with Gasteiger partial charge in [0.25, 0.3) is 0 Å². The van der Waals surface area contributed by atoms with Crippen LogP contribution in [0.5, 0.6) is 0 Å². The fourth-order valence-electron chi connectivity index (χ4n) is 3.26. The minimum atomic E-state index is 0.506. The first-order valence-electron chi connectivity index (χ1n) is 8.34. The molecule has 1 aromatic rings. The Hall–Kier alpha value is -1.13. The molecule has 0 spiro atoms. The molecule has 1 aromatic heterocycles. The highest BCUT2D eigenvalue weighted by atomic mass is 16.5. The Labute approximate surface area is 127 Å². The Kier molecular flexibility index (Phi) is 5.09. The molecule has 0 radical (unpaired) electrons. The van der Waals surface area contributed by atoms with Gasteiger partial charge in [0.1, 0.15) is 5.82 Å². The lowest BCUT2D eigenvalue weighted by atomic mass is 9.89. The van der Waals surface area contributed by atoms with Crippen molar-refractivity contribution < 1.29 is 4.74 Å². The summed E-state index contributed by atoms with van der Waals surface area (Å²) in [7, 11) is 2.03. The van der Waals surface area contributed by atoms with Gasteiger partial charge in [-0.05, 0) is 63.6 Å². The van der Waals surface area contributed by atoms with Crippen LogP contribution in [0.2, 0.25) is 0 Å². The molecule has 0 amide bonds. The van der Waals surface area contributed by atoms with Gasteiger partial charge in [-0.15, -0.1) is 0 Å². The lowest BCUT2D eigenvalue weighted by molar-refractivity contribution is -0.0163. The van der Waals surface area contributed by atoms with Crippen LogP contribution in [-0.2, 0) is 11.2 Å². The van der Waals surface area contributed by atoms with E-state index in [0.717, 1.165) is 18.8 Å². The molecule has 1 atom stereocenters. The van der Waals surface area contributed by atoms with Gasteiger partial charge >= 0.3 is 0 Å². The number of pyridine rings is 1. The minimum absolute atomic E-state index is 0.506. The zero-order valence-electron chi connectivity index (χ0n) is 13.0. The quantitative estimate of drug-likeness (QED) is 0.758. The van der Waals surface area contributed by atoms with Crippen molar-refractivity contribution in [2.75, 3.05) is 19.0 Å². The van der Waals surface area contributed by atoms with Gasteiger partial charge in [0, 0.05) is 24.9 Å². The Balaban J connectivity index is 1.27. The third-order valence-electron chi connectivity index (χ3n) is 4.80. The average molecular weight is 289 g/mol. The first kappa shape index (κ1) is 14.8. The zero-order chi connectivity index (χ0) is 14.5. The minimum Gasteiger partial charge on any atom is -0.378 e. The van der Waals surface area contributed by atoms with Gasteiger partial charge in [0.2, 0.25) is 0 Å². The number of rotatable bonds is 7. The van der Waals surface area contributed by atoms with Crippen LogP contribution in [0.1, 0.15) is 44.1 Å². The summed E-state index contributed by atoms with van der Waals surface area (Å²) in [4.78, 5) is 4.43. The molecular formula is C17H27N3O. The molecule has 4 heteroatoms. The molecule has 1 aliphatic carbocycles. The predicted molar refractivity (Wildman–Crippen MR) is 85.6 cm³/mol. The monoisotopic (exact) mass is 289 g/mol. The van der Waals surface area contributed by atoms with Crippen LogP contribution in [0, 0.1) is 0 Å². The second-order valence-corrected chi connectivity index (χ2v) is 6.34. The van der Waals surface area contributed by atoms with E-state index in [9.17, 15) is 0 Å². The van der Waals surface area contributed by atoms with Crippen LogP contribution < -0.4 is 10.6 Å². The fourth-order valence-corrected chi connectivity index (χ4v) is 3.26. The molecular weight excluding hydrogens is 262 g/mol. The predicted octanol–water partition coefficient (Wildman–Crippen LogP) is 2.75. The van der Waals surface area contributed by atoms with Crippen molar-refractivity contribution in [3.05, 3.63) is 23.9 Å². The Morgan fingerprint density at radius 1 is 1.38 bits per heavy atom. The number of nitrogens with zero attached hydrogens (tertiary/aromatic N) is 1. The van der Waals surface area contributed by atoms with Gasteiger partial charge in [-0.25, -0.2) is 4.98 Å². The number of fused-ring (bicyclic) bond motifs is 1. The molecule has 0 bridgehead atoms. The van der Waals surface area contributed by atoms with Crippen molar-refractivity contribution >= 4 is 5.82 Å². The molecule has 2 N–H and O–H groups in total. The molecule has 0 aromatic carbocycles. The summed E-state index contributed by atoms with van der Waals surface area (Å²) < 4.78 is 5.88. The van der Waals surface area contributed by atoms with Crippen molar-refractivity contribution in [3.63, 3.8) is 0 Å². The summed E-state index contributed by atoms with van der Waals surface area (Å²) in [6.07, 6.45) is 10.8. The Morgan fingerprint density at radius 3 is 3.14 bits per heavy atom. The standard InChI is InChI=1S/C17H27N3O/c1-18-15-11-16(12-15)21-10-3-2-6-14-8-7-13-5-4-9-19-17(13)20-14/h4-5,9,14-16,18H,2-3,6-8,10-12H2,1H3,(H,19,20)/t14-,15?,16?/m0/s1. The number of ether oxygens (including phenoxy) is 1. The van der Waals surface area contributed by atoms with Gasteiger partial charge in [-0.3, -0.25) is 0 Å². The van der Waals surface area contributed by atoms with E-state index in [4.69, 9.17) is 4.74 Å². The normalized spacial score (nSPS) is 27.6. The highest BCUT2D eigenvalue weighted by molar-refractivity contribution is 5.46. The van der Waals surface area contributed by atoms with Crippen LogP contribution in [0.4, 0.5) is 5.82 Å². The van der Waals surface area contributed by atoms with Crippen molar-refractivity contribution in [2.45, 2.75) is 63.1 Å². The summed E-state index contributed by atoms with van der Waals surface area (Å²) >= 11 is 0. The summed E-state index contributed by atoms with van der Waals surface area (Å²) in [6.45, 7) is 0.919. The maximum atomic E-state index is 5.88. The number of unbranched alkanes of at least 4 members (excludes halogenated alkanes) is 1. The number of hydrogen-bond acceptors (Lipinski definition) is 4. The van der Waals surface area contributed by atoms with Crippen molar-refractivity contribution in [2.24, 2.45) is 0 Å². The largest absolute Gasteiger partial charge is 0.378 e. The van der Waals surface area contributed by atoms with Crippen molar-refractivity contribution in [3.8, 4) is 0 Å². The molecule has 2 aliphatic rings. The summed E-state index contributed by atoms with van der Waals surface area (Å²) in [5.41, 5.74) is 1.36. The smallest absolute Gasteiger partial charge is 0.129 e. The van der Waals surface area contributed by atoms with E-state index >= 15 is 0 Å². The molecule has 2 heterocycles. The molecule has 1 saturated carbocycles. The van der Waals surface area contributed by atoms with E-state index in [2.05, 4.69) is 21.7 Å². The van der Waals surface area contributed by atoms with E-state index in [1.165, 1.54) is 44.1 Å². The van der Waals surface area contributed by atoms with Gasteiger partial charge in [-0.1, -0.05) is 6.07 Å². The second kappa shape index (κ2) is 7.23. The SMILES string of the molecule is CNC1CC(OCCCC[C@H]2CCc3cccnc3N2)C1. The summed E-state index contributed by atoms with van der Waals surface area (Å²) in [6, 6.07) is 5.48. The topological polar surface area (TPSA) is 46.2 Å². The summed E-state index contributed by atoms with van der Waals surface area (Å²) in [5.74, 6) is 1.09. The lowest BCUT2D eigenvalue weighted by Crippen LogP contribution is -2.43. The van der Waals surface area contributed by atoms with E-state index in [-0.39, 0.29) is 0 Å². The number of anilines is 1. The van der Waals surface area contributed by atoms with E-state index < -0.39 is 0 Å². The molecule has 116 valence electrons. The molecule has 4 nitrogen and oxygen atoms in total. The number of aryl methyl sites for hydroxylation is 1. The molecule has 21 heavy (non-hydrogen) atoms. The van der Waals surface area contributed by atoms with Gasteiger partial charge in [0.05, 0.1) is 6.10 Å². The van der Waals surface area contributed by atoms with Crippen LogP contribution in [-0.4, -0.2) is 36.8 Å². The highest BCUT2D eigenvalue weighted by Crippen LogP contribution is 2.25.